The summed E-state index contributed by atoms with van der Waals surface area (Å²) in [6.45, 7) is 2.13. The summed E-state index contributed by atoms with van der Waals surface area (Å²) in [5.41, 5.74) is 0.695. The fourth-order valence-corrected chi connectivity index (χ4v) is 3.57. The highest BCUT2D eigenvalue weighted by Gasteiger charge is 2.52. The first kappa shape index (κ1) is 12.9. The number of rotatable bonds is 2. The van der Waals surface area contributed by atoms with Crippen LogP contribution in [0.1, 0.15) is 26.2 Å². The smallest absolute Gasteiger partial charge is 0.237 e. The molecular formula is C15H16BrNO2. The lowest BCUT2D eigenvalue weighted by atomic mass is 10.00. The van der Waals surface area contributed by atoms with Crippen LogP contribution in [0.25, 0.3) is 0 Å². The molecule has 19 heavy (non-hydrogen) atoms. The molecule has 0 N–H and O–H groups in total. The van der Waals surface area contributed by atoms with Crippen molar-refractivity contribution in [3.63, 3.8) is 0 Å². The van der Waals surface area contributed by atoms with Crippen LogP contribution >= 0.6 is 15.9 Å². The van der Waals surface area contributed by atoms with Crippen molar-refractivity contribution in [2.45, 2.75) is 26.2 Å². The van der Waals surface area contributed by atoms with E-state index in [4.69, 9.17) is 0 Å². The molecule has 2 fully saturated rings. The van der Waals surface area contributed by atoms with E-state index in [0.29, 0.717) is 11.6 Å². The van der Waals surface area contributed by atoms with Crippen LogP contribution in [0.2, 0.25) is 0 Å². The summed E-state index contributed by atoms with van der Waals surface area (Å²) in [5.74, 6) is 0.360. The van der Waals surface area contributed by atoms with E-state index in [1.54, 1.807) is 0 Å². The molecule has 2 amide bonds. The molecule has 100 valence electrons. The Balaban J connectivity index is 1.88. The first-order chi connectivity index (χ1) is 9.11. The Morgan fingerprint density at radius 3 is 2.11 bits per heavy atom. The fraction of sp³-hybridized carbons (Fsp3) is 0.467. The Morgan fingerprint density at radius 1 is 1.11 bits per heavy atom. The quantitative estimate of drug-likeness (QED) is 0.783. The second-order valence-corrected chi connectivity index (χ2v) is 6.36. The summed E-state index contributed by atoms with van der Waals surface area (Å²) in [6, 6.07) is 7.36. The van der Waals surface area contributed by atoms with Crippen molar-refractivity contribution in [2.24, 2.45) is 17.8 Å². The number of carbonyl (C=O) groups is 2. The van der Waals surface area contributed by atoms with Crippen molar-refractivity contribution >= 4 is 33.4 Å². The SMILES string of the molecule is CCC1CC2C(=O)N(c3ccc(Br)cc3)C(=O)C2C1. The maximum atomic E-state index is 12.4. The molecule has 1 aliphatic heterocycles. The minimum atomic E-state index is -0.0823. The number of hydrogen-bond donors (Lipinski definition) is 0. The van der Waals surface area contributed by atoms with Crippen molar-refractivity contribution in [2.75, 3.05) is 4.90 Å². The number of amides is 2. The Hall–Kier alpha value is -1.16. The molecule has 1 saturated heterocycles. The third-order valence-electron chi connectivity index (χ3n) is 4.40. The number of hydrogen-bond acceptors (Lipinski definition) is 2. The zero-order valence-corrected chi connectivity index (χ0v) is 12.4. The van der Waals surface area contributed by atoms with Crippen LogP contribution in [0.4, 0.5) is 5.69 Å². The number of nitrogens with zero attached hydrogens (tertiary/aromatic N) is 1. The summed E-state index contributed by atoms with van der Waals surface area (Å²) < 4.78 is 0.946. The van der Waals surface area contributed by atoms with Crippen molar-refractivity contribution in [1.82, 2.24) is 0 Å². The topological polar surface area (TPSA) is 37.4 Å². The van der Waals surface area contributed by atoms with Crippen LogP contribution in [0.15, 0.2) is 28.7 Å². The van der Waals surface area contributed by atoms with Gasteiger partial charge in [0.15, 0.2) is 0 Å². The number of anilines is 1. The molecule has 1 saturated carbocycles. The van der Waals surface area contributed by atoms with E-state index < -0.39 is 0 Å². The molecule has 0 radical (unpaired) electrons. The minimum absolute atomic E-state index is 0.00623. The van der Waals surface area contributed by atoms with Crippen LogP contribution in [-0.2, 0) is 9.59 Å². The maximum absolute atomic E-state index is 12.4. The third kappa shape index (κ3) is 2.02. The summed E-state index contributed by atoms with van der Waals surface area (Å²) in [5, 5.41) is 0. The molecule has 0 aromatic heterocycles. The fourth-order valence-electron chi connectivity index (χ4n) is 3.31. The predicted molar refractivity (Wildman–Crippen MR) is 76.6 cm³/mol. The summed E-state index contributed by atoms with van der Waals surface area (Å²) in [6.07, 6.45) is 2.81. The molecule has 1 aromatic carbocycles. The molecule has 2 unspecified atom stereocenters. The normalized spacial score (nSPS) is 30.0. The van der Waals surface area contributed by atoms with Crippen molar-refractivity contribution in [3.05, 3.63) is 28.7 Å². The molecule has 1 aliphatic carbocycles. The van der Waals surface area contributed by atoms with E-state index in [2.05, 4.69) is 22.9 Å². The zero-order chi connectivity index (χ0) is 13.6. The number of halogens is 1. The molecule has 1 heterocycles. The molecule has 0 bridgehead atoms. The van der Waals surface area contributed by atoms with E-state index >= 15 is 0 Å². The van der Waals surface area contributed by atoms with Crippen LogP contribution in [0, 0.1) is 17.8 Å². The number of fused-ring (bicyclic) bond motifs is 1. The van der Waals surface area contributed by atoms with E-state index in [1.165, 1.54) is 4.90 Å². The summed E-state index contributed by atoms with van der Waals surface area (Å²) in [7, 11) is 0. The molecule has 1 aromatic rings. The van der Waals surface area contributed by atoms with Gasteiger partial charge < -0.3 is 0 Å². The van der Waals surface area contributed by atoms with Gasteiger partial charge >= 0.3 is 0 Å². The number of imide groups is 1. The molecule has 0 spiro atoms. The second kappa shape index (κ2) is 4.75. The van der Waals surface area contributed by atoms with Crippen LogP contribution in [0.5, 0.6) is 0 Å². The molecule has 3 nitrogen and oxygen atoms in total. The molecule has 2 aliphatic rings. The Labute approximate surface area is 121 Å². The lowest BCUT2D eigenvalue weighted by Crippen LogP contribution is -2.32. The minimum Gasteiger partial charge on any atom is -0.274 e. The van der Waals surface area contributed by atoms with Gasteiger partial charge in [-0.2, -0.15) is 0 Å². The van der Waals surface area contributed by atoms with E-state index in [1.807, 2.05) is 24.3 Å². The van der Waals surface area contributed by atoms with Gasteiger partial charge in [0.05, 0.1) is 17.5 Å². The van der Waals surface area contributed by atoms with Gasteiger partial charge in [-0.1, -0.05) is 29.3 Å². The highest BCUT2D eigenvalue weighted by atomic mass is 79.9. The molecule has 2 atom stereocenters. The Morgan fingerprint density at radius 2 is 1.63 bits per heavy atom. The van der Waals surface area contributed by atoms with Crippen molar-refractivity contribution in [3.8, 4) is 0 Å². The van der Waals surface area contributed by atoms with E-state index in [0.717, 1.165) is 23.7 Å². The average molecular weight is 322 g/mol. The largest absolute Gasteiger partial charge is 0.274 e. The zero-order valence-electron chi connectivity index (χ0n) is 10.8. The maximum Gasteiger partial charge on any atom is 0.237 e. The first-order valence-corrected chi connectivity index (χ1v) is 7.54. The monoisotopic (exact) mass is 321 g/mol. The van der Waals surface area contributed by atoms with E-state index in [-0.39, 0.29) is 23.7 Å². The number of carbonyl (C=O) groups excluding carboxylic acids is 2. The lowest BCUT2D eigenvalue weighted by molar-refractivity contribution is -0.123. The number of benzene rings is 1. The average Bonchev–Trinajstić information content (AvgIpc) is 2.93. The predicted octanol–water partition coefficient (Wildman–Crippen LogP) is 3.37. The third-order valence-corrected chi connectivity index (χ3v) is 4.93. The van der Waals surface area contributed by atoms with Gasteiger partial charge in [0.1, 0.15) is 0 Å². The van der Waals surface area contributed by atoms with Gasteiger partial charge in [0.2, 0.25) is 11.8 Å². The first-order valence-electron chi connectivity index (χ1n) is 6.75. The lowest BCUT2D eigenvalue weighted by Gasteiger charge is -2.17. The van der Waals surface area contributed by atoms with Gasteiger partial charge in [-0.3, -0.25) is 14.5 Å². The van der Waals surface area contributed by atoms with Gasteiger partial charge in [0, 0.05) is 4.47 Å². The van der Waals surface area contributed by atoms with Crippen molar-refractivity contribution in [1.29, 1.82) is 0 Å². The van der Waals surface area contributed by atoms with Gasteiger partial charge in [-0.25, -0.2) is 0 Å². The second-order valence-electron chi connectivity index (χ2n) is 5.45. The van der Waals surface area contributed by atoms with Gasteiger partial charge in [-0.15, -0.1) is 0 Å². The van der Waals surface area contributed by atoms with Crippen LogP contribution in [-0.4, -0.2) is 11.8 Å². The highest BCUT2D eigenvalue weighted by molar-refractivity contribution is 9.10. The van der Waals surface area contributed by atoms with Gasteiger partial charge in [-0.05, 0) is 43.0 Å². The van der Waals surface area contributed by atoms with Crippen molar-refractivity contribution < 1.29 is 9.59 Å². The van der Waals surface area contributed by atoms with Crippen LogP contribution < -0.4 is 4.90 Å². The Bertz CT molecular complexity index is 501. The standard InChI is InChI=1S/C15H16BrNO2/c1-2-9-7-12-13(8-9)15(19)17(14(12)18)11-5-3-10(16)4-6-11/h3-6,9,12-13H,2,7-8H2,1H3. The summed E-state index contributed by atoms with van der Waals surface area (Å²) in [4.78, 5) is 26.3. The van der Waals surface area contributed by atoms with Crippen LogP contribution in [0.3, 0.4) is 0 Å². The summed E-state index contributed by atoms with van der Waals surface area (Å²) >= 11 is 3.36. The highest BCUT2D eigenvalue weighted by Crippen LogP contribution is 2.45. The van der Waals surface area contributed by atoms with E-state index in [9.17, 15) is 9.59 Å². The molecule has 3 rings (SSSR count). The molecule has 4 heteroatoms. The van der Waals surface area contributed by atoms with Gasteiger partial charge in [0.25, 0.3) is 0 Å². The Kier molecular flexibility index (Phi) is 3.21. The molecular weight excluding hydrogens is 306 g/mol.